The number of piperidine rings is 1. The molecule has 5 amide bonds. The van der Waals surface area contributed by atoms with Crippen LogP contribution in [-0.2, 0) is 19.1 Å². The topological polar surface area (TPSA) is 117 Å². The van der Waals surface area contributed by atoms with Crippen LogP contribution in [0.3, 0.4) is 0 Å². The van der Waals surface area contributed by atoms with Crippen molar-refractivity contribution in [1.29, 1.82) is 0 Å². The number of hydrogen-bond acceptors (Lipinski definition) is 5. The van der Waals surface area contributed by atoms with Gasteiger partial charge in [-0.25, -0.2) is 4.79 Å². The summed E-state index contributed by atoms with van der Waals surface area (Å²) < 4.78 is 5.24. The van der Waals surface area contributed by atoms with Crippen molar-refractivity contribution in [2.45, 2.75) is 32.2 Å². The summed E-state index contributed by atoms with van der Waals surface area (Å²) in [5, 5.41) is 7.56. The van der Waals surface area contributed by atoms with Gasteiger partial charge in [0.15, 0.2) is 0 Å². The summed E-state index contributed by atoms with van der Waals surface area (Å²) in [6, 6.07) is -0.656. The van der Waals surface area contributed by atoms with E-state index >= 15 is 0 Å². The number of amides is 5. The number of nitrogens with zero attached hydrogens (tertiary/aromatic N) is 1. The van der Waals surface area contributed by atoms with Crippen molar-refractivity contribution in [3.05, 3.63) is 24.0 Å². The Bertz CT molecular complexity index is 775. The molecule has 0 aromatic rings. The number of methoxy groups -OCH3 is 1. The van der Waals surface area contributed by atoms with E-state index in [-0.39, 0.29) is 42.5 Å². The van der Waals surface area contributed by atoms with Crippen LogP contribution in [0.5, 0.6) is 0 Å². The Kier molecular flexibility index (Phi) is 5.95. The Hall–Kier alpha value is -2.84. The standard InChI is InChI=1S/C20H28N4O5/c1-12(2)10-21-16(25)9-20(18(27)22-19(28)23-20)11-24-7-6-13-4-5-14(29-3)8-15(13)17(24)26/h4-5,8,12-13,15H,6-7,9-11H2,1-3H3,(H,21,25)(H2,22,23,27,28). The van der Waals surface area contributed by atoms with Crippen LogP contribution in [0.15, 0.2) is 24.0 Å². The molecule has 3 rings (SSSR count). The van der Waals surface area contributed by atoms with E-state index in [0.29, 0.717) is 18.8 Å². The lowest BCUT2D eigenvalue weighted by Crippen LogP contribution is -2.60. The number of hydrogen-bond donors (Lipinski definition) is 3. The van der Waals surface area contributed by atoms with Gasteiger partial charge in [0.25, 0.3) is 5.91 Å². The van der Waals surface area contributed by atoms with Gasteiger partial charge < -0.3 is 20.3 Å². The predicted octanol–water partition coefficient (Wildman–Crippen LogP) is 0.292. The summed E-state index contributed by atoms with van der Waals surface area (Å²) in [6.07, 6.45) is 6.11. The van der Waals surface area contributed by atoms with Crippen LogP contribution in [0.4, 0.5) is 4.79 Å². The van der Waals surface area contributed by atoms with Gasteiger partial charge in [-0.05, 0) is 30.4 Å². The molecule has 9 heteroatoms. The zero-order valence-corrected chi connectivity index (χ0v) is 17.0. The maximum Gasteiger partial charge on any atom is 0.322 e. The van der Waals surface area contributed by atoms with Gasteiger partial charge >= 0.3 is 6.03 Å². The van der Waals surface area contributed by atoms with E-state index in [2.05, 4.69) is 16.0 Å². The smallest absolute Gasteiger partial charge is 0.322 e. The molecule has 9 nitrogen and oxygen atoms in total. The van der Waals surface area contributed by atoms with Crippen LogP contribution in [0.2, 0.25) is 0 Å². The van der Waals surface area contributed by atoms with Gasteiger partial charge in [0, 0.05) is 13.1 Å². The van der Waals surface area contributed by atoms with Gasteiger partial charge in [-0.3, -0.25) is 19.7 Å². The lowest BCUT2D eigenvalue weighted by Gasteiger charge is -2.40. The maximum absolute atomic E-state index is 13.1. The number of ether oxygens (including phenoxy) is 1. The molecule has 1 aliphatic carbocycles. The molecular formula is C20H28N4O5. The Morgan fingerprint density at radius 2 is 2.14 bits per heavy atom. The van der Waals surface area contributed by atoms with Gasteiger partial charge in [0.1, 0.15) is 11.3 Å². The monoisotopic (exact) mass is 404 g/mol. The highest BCUT2D eigenvalue weighted by atomic mass is 16.5. The fourth-order valence-corrected chi connectivity index (χ4v) is 3.94. The molecule has 2 saturated heterocycles. The van der Waals surface area contributed by atoms with Crippen LogP contribution in [0.1, 0.15) is 26.7 Å². The second-order valence-electron chi connectivity index (χ2n) is 8.24. The van der Waals surface area contributed by atoms with Crippen LogP contribution >= 0.6 is 0 Å². The lowest BCUT2D eigenvalue weighted by atomic mass is 9.80. The van der Waals surface area contributed by atoms with Crippen LogP contribution in [0.25, 0.3) is 0 Å². The van der Waals surface area contributed by atoms with E-state index in [4.69, 9.17) is 4.74 Å². The van der Waals surface area contributed by atoms with E-state index in [1.54, 1.807) is 18.1 Å². The third-order valence-electron chi connectivity index (χ3n) is 5.52. The molecule has 0 aromatic heterocycles. The molecule has 2 heterocycles. The summed E-state index contributed by atoms with van der Waals surface area (Å²) in [6.45, 7) is 4.78. The zero-order chi connectivity index (χ0) is 21.2. The van der Waals surface area contributed by atoms with E-state index < -0.39 is 17.5 Å². The number of rotatable bonds is 7. The number of urea groups is 1. The first-order valence-electron chi connectivity index (χ1n) is 9.87. The van der Waals surface area contributed by atoms with E-state index in [1.807, 2.05) is 26.0 Å². The summed E-state index contributed by atoms with van der Waals surface area (Å²) in [7, 11) is 1.55. The Morgan fingerprint density at radius 1 is 1.38 bits per heavy atom. The molecular weight excluding hydrogens is 376 g/mol. The predicted molar refractivity (Wildman–Crippen MR) is 104 cm³/mol. The Morgan fingerprint density at radius 3 is 2.76 bits per heavy atom. The molecule has 0 aromatic carbocycles. The highest BCUT2D eigenvalue weighted by molar-refractivity contribution is 6.09. The quantitative estimate of drug-likeness (QED) is 0.528. The summed E-state index contributed by atoms with van der Waals surface area (Å²) >= 11 is 0. The molecule has 158 valence electrons. The normalized spacial score (nSPS) is 28.6. The largest absolute Gasteiger partial charge is 0.497 e. The second kappa shape index (κ2) is 8.26. The molecule has 2 fully saturated rings. The number of imide groups is 1. The van der Waals surface area contributed by atoms with Crippen molar-refractivity contribution < 1.29 is 23.9 Å². The van der Waals surface area contributed by atoms with Crippen molar-refractivity contribution in [3.63, 3.8) is 0 Å². The lowest BCUT2D eigenvalue weighted by molar-refractivity contribution is -0.142. The fraction of sp³-hybridized carbons (Fsp3) is 0.600. The zero-order valence-electron chi connectivity index (χ0n) is 17.0. The molecule has 2 aliphatic heterocycles. The number of carbonyl (C=O) groups is 4. The molecule has 0 radical (unpaired) electrons. The van der Waals surface area contributed by atoms with Crippen molar-refractivity contribution in [2.75, 3.05) is 26.7 Å². The molecule has 0 bridgehead atoms. The van der Waals surface area contributed by atoms with Gasteiger partial charge in [-0.2, -0.15) is 0 Å². The van der Waals surface area contributed by atoms with Crippen molar-refractivity contribution in [1.82, 2.24) is 20.9 Å². The van der Waals surface area contributed by atoms with Gasteiger partial charge in [-0.15, -0.1) is 0 Å². The molecule has 29 heavy (non-hydrogen) atoms. The minimum atomic E-state index is -1.47. The Labute approximate surface area is 169 Å². The van der Waals surface area contributed by atoms with Crippen LogP contribution in [0, 0.1) is 17.8 Å². The summed E-state index contributed by atoms with van der Waals surface area (Å²) in [5.74, 6) is -0.504. The minimum absolute atomic E-state index is 0.0540. The van der Waals surface area contributed by atoms with Gasteiger partial charge in [0.05, 0.1) is 26.0 Å². The fourth-order valence-electron chi connectivity index (χ4n) is 3.94. The number of allylic oxidation sites excluding steroid dienone is 2. The minimum Gasteiger partial charge on any atom is -0.497 e. The maximum atomic E-state index is 13.1. The number of nitrogens with one attached hydrogen (secondary N) is 3. The molecule has 0 saturated carbocycles. The highest BCUT2D eigenvalue weighted by Gasteiger charge is 2.50. The molecule has 0 spiro atoms. The van der Waals surface area contributed by atoms with Crippen LogP contribution < -0.4 is 16.0 Å². The summed E-state index contributed by atoms with van der Waals surface area (Å²) in [4.78, 5) is 51.5. The SMILES string of the molecule is COC1=CC2C(=O)N(CC3(CC(=O)NCC(C)C)NC(=O)NC3=O)CCC2C=C1. The second-order valence-corrected chi connectivity index (χ2v) is 8.24. The third kappa shape index (κ3) is 4.44. The average Bonchev–Trinajstić information content (AvgIpc) is 2.95. The van der Waals surface area contributed by atoms with Crippen LogP contribution in [-0.4, -0.2) is 60.9 Å². The number of fused-ring (bicyclic) bond motifs is 1. The molecule has 3 unspecified atom stereocenters. The average molecular weight is 404 g/mol. The first-order valence-corrected chi connectivity index (χ1v) is 9.87. The number of carbonyl (C=O) groups excluding carboxylic acids is 4. The van der Waals surface area contributed by atoms with Gasteiger partial charge in [-0.1, -0.05) is 19.9 Å². The van der Waals surface area contributed by atoms with Gasteiger partial charge in [0.2, 0.25) is 11.8 Å². The summed E-state index contributed by atoms with van der Waals surface area (Å²) in [5.41, 5.74) is -1.47. The first kappa shape index (κ1) is 20.9. The van der Waals surface area contributed by atoms with E-state index in [1.165, 1.54) is 0 Å². The van der Waals surface area contributed by atoms with Crippen molar-refractivity contribution >= 4 is 23.8 Å². The first-order chi connectivity index (χ1) is 13.7. The van der Waals surface area contributed by atoms with Crippen molar-refractivity contribution in [2.24, 2.45) is 17.8 Å². The molecule has 3 N–H and O–H groups in total. The van der Waals surface area contributed by atoms with E-state index in [0.717, 1.165) is 6.42 Å². The van der Waals surface area contributed by atoms with E-state index in [9.17, 15) is 19.2 Å². The van der Waals surface area contributed by atoms with Crippen molar-refractivity contribution in [3.8, 4) is 0 Å². The molecule has 3 atom stereocenters. The number of likely N-dealkylation sites (tertiary alicyclic amines) is 1. The third-order valence-corrected chi connectivity index (χ3v) is 5.52. The molecule has 3 aliphatic rings. The Balaban J connectivity index is 1.76. The highest BCUT2D eigenvalue weighted by Crippen LogP contribution is 2.33.